The fraction of sp³-hybridized carbons (Fsp3) is 0.353. The van der Waals surface area contributed by atoms with Crippen LogP contribution in [-0.4, -0.2) is 40.2 Å². The van der Waals surface area contributed by atoms with Gasteiger partial charge in [0.15, 0.2) is 0 Å². The molecule has 7 heteroatoms. The summed E-state index contributed by atoms with van der Waals surface area (Å²) < 4.78 is 5.85. The predicted molar refractivity (Wildman–Crippen MR) is 92.8 cm³/mol. The third kappa shape index (κ3) is 3.97. The molecule has 126 valence electrons. The summed E-state index contributed by atoms with van der Waals surface area (Å²) in [6.07, 6.45) is 1.62. The summed E-state index contributed by atoms with van der Waals surface area (Å²) in [7, 11) is 0. The van der Waals surface area contributed by atoms with E-state index in [1.165, 1.54) is 0 Å². The maximum Gasteiger partial charge on any atom is 0.255 e. The van der Waals surface area contributed by atoms with Gasteiger partial charge in [-0.15, -0.1) is 5.10 Å². The minimum absolute atomic E-state index is 0.106. The van der Waals surface area contributed by atoms with Crippen LogP contribution >= 0.6 is 23.2 Å². The fourth-order valence-corrected chi connectivity index (χ4v) is 3.16. The molecule has 0 N–H and O–H groups in total. The van der Waals surface area contributed by atoms with E-state index in [2.05, 4.69) is 10.2 Å². The van der Waals surface area contributed by atoms with Gasteiger partial charge in [0.2, 0.25) is 5.88 Å². The lowest BCUT2D eigenvalue weighted by Gasteiger charge is -2.32. The number of benzene rings is 1. The van der Waals surface area contributed by atoms with Gasteiger partial charge in [-0.2, -0.15) is 5.10 Å². The molecule has 1 aliphatic heterocycles. The molecule has 1 aromatic heterocycles. The number of rotatable bonds is 3. The lowest BCUT2D eigenvalue weighted by Crippen LogP contribution is -2.44. The number of likely N-dealkylation sites (tertiary alicyclic amines) is 1. The van der Waals surface area contributed by atoms with Crippen LogP contribution in [0.4, 0.5) is 0 Å². The van der Waals surface area contributed by atoms with Crippen LogP contribution in [0.1, 0.15) is 28.9 Å². The van der Waals surface area contributed by atoms with Crippen molar-refractivity contribution in [1.82, 2.24) is 15.1 Å². The summed E-state index contributed by atoms with van der Waals surface area (Å²) in [5.41, 5.74) is 1.29. The topological polar surface area (TPSA) is 55.3 Å². The fourth-order valence-electron chi connectivity index (χ4n) is 2.67. The third-order valence-corrected chi connectivity index (χ3v) is 4.44. The van der Waals surface area contributed by atoms with Gasteiger partial charge in [0.05, 0.1) is 22.8 Å². The van der Waals surface area contributed by atoms with Gasteiger partial charge in [-0.1, -0.05) is 23.2 Å². The number of amides is 1. The third-order valence-electron chi connectivity index (χ3n) is 3.89. The number of hydrogen-bond donors (Lipinski definition) is 0. The Labute approximate surface area is 150 Å². The number of aromatic nitrogens is 2. The van der Waals surface area contributed by atoms with Crippen molar-refractivity contribution >= 4 is 29.1 Å². The van der Waals surface area contributed by atoms with Crippen LogP contribution in [0.5, 0.6) is 5.88 Å². The summed E-state index contributed by atoms with van der Waals surface area (Å²) in [4.78, 5) is 14.4. The molecule has 0 radical (unpaired) electrons. The molecule has 0 bridgehead atoms. The quantitative estimate of drug-likeness (QED) is 0.830. The molecular weight excluding hydrogens is 349 g/mol. The SMILES string of the molecule is Cc1ccc(OC2CCCN(C(=O)c3ccc(Cl)cc3Cl)C2)nn1. The van der Waals surface area contributed by atoms with E-state index in [9.17, 15) is 4.79 Å². The van der Waals surface area contributed by atoms with Crippen molar-refractivity contribution in [3.8, 4) is 5.88 Å². The first-order chi connectivity index (χ1) is 11.5. The first kappa shape index (κ1) is 17.0. The van der Waals surface area contributed by atoms with Crippen LogP contribution in [-0.2, 0) is 0 Å². The van der Waals surface area contributed by atoms with Crippen molar-refractivity contribution in [3.63, 3.8) is 0 Å². The standard InChI is InChI=1S/C17H17Cl2N3O2/c1-11-4-7-16(21-20-11)24-13-3-2-8-22(10-13)17(23)14-6-5-12(18)9-15(14)19/h4-7,9,13H,2-3,8,10H2,1H3. The number of carbonyl (C=O) groups is 1. The Balaban J connectivity index is 1.68. The second-order valence-electron chi connectivity index (χ2n) is 5.77. The van der Waals surface area contributed by atoms with Gasteiger partial charge in [0, 0.05) is 17.6 Å². The Bertz CT molecular complexity index is 737. The van der Waals surface area contributed by atoms with E-state index in [1.54, 1.807) is 29.2 Å². The maximum atomic E-state index is 12.7. The van der Waals surface area contributed by atoms with Crippen molar-refractivity contribution in [2.24, 2.45) is 0 Å². The molecule has 1 atom stereocenters. The van der Waals surface area contributed by atoms with Crippen molar-refractivity contribution in [1.29, 1.82) is 0 Å². The largest absolute Gasteiger partial charge is 0.471 e. The summed E-state index contributed by atoms with van der Waals surface area (Å²) in [5.74, 6) is 0.365. The molecule has 2 heterocycles. The zero-order valence-electron chi connectivity index (χ0n) is 13.2. The zero-order valence-corrected chi connectivity index (χ0v) is 14.7. The van der Waals surface area contributed by atoms with Gasteiger partial charge in [-0.05, 0) is 44.0 Å². The van der Waals surface area contributed by atoms with Gasteiger partial charge >= 0.3 is 0 Å². The molecule has 2 aromatic rings. The van der Waals surface area contributed by atoms with E-state index < -0.39 is 0 Å². The zero-order chi connectivity index (χ0) is 17.1. The van der Waals surface area contributed by atoms with E-state index >= 15 is 0 Å². The molecule has 24 heavy (non-hydrogen) atoms. The number of ether oxygens (including phenoxy) is 1. The molecule has 5 nitrogen and oxygen atoms in total. The molecule has 0 aliphatic carbocycles. The Kier molecular flexibility index (Phi) is 5.21. The minimum Gasteiger partial charge on any atom is -0.471 e. The van der Waals surface area contributed by atoms with Gasteiger partial charge in [0.1, 0.15) is 6.10 Å². The smallest absolute Gasteiger partial charge is 0.255 e. The van der Waals surface area contributed by atoms with E-state index in [0.717, 1.165) is 18.5 Å². The number of nitrogens with zero attached hydrogens (tertiary/aromatic N) is 3. The van der Waals surface area contributed by atoms with Crippen LogP contribution in [0, 0.1) is 6.92 Å². The molecule has 3 rings (SSSR count). The highest BCUT2D eigenvalue weighted by Gasteiger charge is 2.27. The number of aryl methyl sites for hydroxylation is 1. The molecule has 1 unspecified atom stereocenters. The summed E-state index contributed by atoms with van der Waals surface area (Å²) in [5, 5.41) is 8.86. The molecule has 1 aliphatic rings. The number of piperidine rings is 1. The molecule has 0 spiro atoms. The number of halogens is 2. The monoisotopic (exact) mass is 365 g/mol. The maximum absolute atomic E-state index is 12.7. The van der Waals surface area contributed by atoms with Gasteiger partial charge < -0.3 is 9.64 Å². The Morgan fingerprint density at radius 1 is 1.25 bits per heavy atom. The van der Waals surface area contributed by atoms with Crippen LogP contribution in [0.2, 0.25) is 10.0 Å². The van der Waals surface area contributed by atoms with Crippen LogP contribution in [0.15, 0.2) is 30.3 Å². The normalized spacial score (nSPS) is 17.6. The highest BCUT2D eigenvalue weighted by Crippen LogP contribution is 2.24. The van der Waals surface area contributed by atoms with E-state index in [-0.39, 0.29) is 12.0 Å². The number of hydrogen-bond acceptors (Lipinski definition) is 4. The molecule has 1 amide bonds. The van der Waals surface area contributed by atoms with Gasteiger partial charge in [-0.3, -0.25) is 4.79 Å². The van der Waals surface area contributed by atoms with Gasteiger partial charge in [-0.25, -0.2) is 0 Å². The van der Waals surface area contributed by atoms with Crippen LogP contribution in [0.3, 0.4) is 0 Å². The molecule has 0 saturated carbocycles. The first-order valence-electron chi connectivity index (χ1n) is 7.74. The van der Waals surface area contributed by atoms with Crippen molar-refractivity contribution < 1.29 is 9.53 Å². The highest BCUT2D eigenvalue weighted by molar-refractivity contribution is 6.36. The minimum atomic E-state index is -0.111. The lowest BCUT2D eigenvalue weighted by molar-refractivity contribution is 0.0525. The molecule has 1 aromatic carbocycles. The van der Waals surface area contributed by atoms with Crippen LogP contribution < -0.4 is 4.74 Å². The van der Waals surface area contributed by atoms with Crippen molar-refractivity contribution in [2.45, 2.75) is 25.9 Å². The summed E-state index contributed by atoms with van der Waals surface area (Å²) in [6.45, 7) is 3.04. The Morgan fingerprint density at radius 2 is 2.08 bits per heavy atom. The second kappa shape index (κ2) is 7.36. The van der Waals surface area contributed by atoms with Crippen LogP contribution in [0.25, 0.3) is 0 Å². The Hall–Kier alpha value is -1.85. The lowest BCUT2D eigenvalue weighted by atomic mass is 10.1. The van der Waals surface area contributed by atoms with E-state index in [0.29, 0.717) is 34.6 Å². The van der Waals surface area contributed by atoms with Gasteiger partial charge in [0.25, 0.3) is 5.91 Å². The Morgan fingerprint density at radius 3 is 2.79 bits per heavy atom. The van der Waals surface area contributed by atoms with Crippen molar-refractivity contribution in [3.05, 3.63) is 51.6 Å². The summed E-state index contributed by atoms with van der Waals surface area (Å²) >= 11 is 12.0. The summed E-state index contributed by atoms with van der Waals surface area (Å²) in [6, 6.07) is 8.54. The molecule has 1 fully saturated rings. The average Bonchev–Trinajstić information content (AvgIpc) is 2.57. The van der Waals surface area contributed by atoms with E-state index in [4.69, 9.17) is 27.9 Å². The predicted octanol–water partition coefficient (Wildman–Crippen LogP) is 3.78. The second-order valence-corrected chi connectivity index (χ2v) is 6.61. The molecule has 1 saturated heterocycles. The van der Waals surface area contributed by atoms with E-state index in [1.807, 2.05) is 13.0 Å². The average molecular weight is 366 g/mol. The number of carbonyl (C=O) groups excluding carboxylic acids is 1. The first-order valence-corrected chi connectivity index (χ1v) is 8.50. The van der Waals surface area contributed by atoms with Crippen molar-refractivity contribution in [2.75, 3.05) is 13.1 Å². The highest BCUT2D eigenvalue weighted by atomic mass is 35.5. The molecular formula is C17H17Cl2N3O2.